The van der Waals surface area contributed by atoms with Crippen LogP contribution in [0.2, 0.25) is 0 Å². The van der Waals surface area contributed by atoms with E-state index in [0.717, 1.165) is 4.90 Å². The molecule has 0 aromatic rings. The van der Waals surface area contributed by atoms with Crippen LogP contribution >= 0.6 is 0 Å². The van der Waals surface area contributed by atoms with Crippen LogP contribution in [-0.2, 0) is 9.59 Å². The van der Waals surface area contributed by atoms with E-state index in [2.05, 4.69) is 10.0 Å². The second-order valence-electron chi connectivity index (χ2n) is 2.47. The molecule has 0 aliphatic carbocycles. The largest absolute Gasteiger partial charge is 0.275 e. The molecule has 13 heavy (non-hydrogen) atoms. The Morgan fingerprint density at radius 1 is 1.38 bits per heavy atom. The van der Waals surface area contributed by atoms with Crippen molar-refractivity contribution in [1.82, 2.24) is 4.90 Å². The minimum absolute atomic E-state index is 0.299. The number of carbonyl (C=O) groups excluding carboxylic acids is 2. The Hall–Kier alpha value is -1.81. The zero-order valence-corrected chi connectivity index (χ0v) is 6.88. The summed E-state index contributed by atoms with van der Waals surface area (Å²) in [4.78, 5) is 25.6. The van der Waals surface area contributed by atoms with Crippen LogP contribution in [0, 0.1) is 0 Å². The number of nitrogens with zero attached hydrogens (tertiary/aromatic N) is 4. The zero-order valence-electron chi connectivity index (χ0n) is 6.88. The number of imide groups is 1. The highest BCUT2D eigenvalue weighted by Gasteiger charge is 2.21. The highest BCUT2D eigenvalue weighted by Crippen LogP contribution is 2.03. The number of hydrogen-bond donors (Lipinski definition) is 0. The average Bonchev–Trinajstić information content (AvgIpc) is 2.42. The summed E-state index contributed by atoms with van der Waals surface area (Å²) in [6.45, 7) is 0.608. The Labute approximate surface area is 74.5 Å². The van der Waals surface area contributed by atoms with Crippen molar-refractivity contribution in [2.24, 2.45) is 5.11 Å². The van der Waals surface area contributed by atoms with E-state index in [1.54, 1.807) is 0 Å². The number of rotatable bonds is 4. The summed E-state index contributed by atoms with van der Waals surface area (Å²) in [6.07, 6.45) is 2.97. The van der Waals surface area contributed by atoms with Crippen LogP contribution in [0.1, 0.15) is 6.42 Å². The van der Waals surface area contributed by atoms with Gasteiger partial charge in [-0.3, -0.25) is 14.5 Å². The van der Waals surface area contributed by atoms with Crippen molar-refractivity contribution in [3.8, 4) is 0 Å². The van der Waals surface area contributed by atoms with Crippen molar-refractivity contribution in [2.45, 2.75) is 6.42 Å². The van der Waals surface area contributed by atoms with Gasteiger partial charge in [-0.1, -0.05) is 5.11 Å². The van der Waals surface area contributed by atoms with Gasteiger partial charge in [0.15, 0.2) is 0 Å². The fraction of sp³-hybridized carbons (Fsp3) is 0.429. The molecule has 0 atom stereocenters. The van der Waals surface area contributed by atoms with Crippen molar-refractivity contribution in [3.05, 3.63) is 22.6 Å². The standard InChI is InChI=1S/C7H8N4O2/c8-10-9-4-1-5-11-6(12)2-3-7(11)13/h2-3H,1,4-5H2. The first-order valence-electron chi connectivity index (χ1n) is 3.80. The molecular formula is C7H8N4O2. The highest BCUT2D eigenvalue weighted by molar-refractivity contribution is 6.12. The maximum absolute atomic E-state index is 11.0. The molecule has 1 aliphatic rings. The lowest BCUT2D eigenvalue weighted by Crippen LogP contribution is -2.31. The van der Waals surface area contributed by atoms with Gasteiger partial charge >= 0.3 is 0 Å². The summed E-state index contributed by atoms with van der Waals surface area (Å²) >= 11 is 0. The summed E-state index contributed by atoms with van der Waals surface area (Å²) in [7, 11) is 0. The van der Waals surface area contributed by atoms with Gasteiger partial charge in [0.2, 0.25) is 0 Å². The predicted molar refractivity (Wildman–Crippen MR) is 44.5 cm³/mol. The molecule has 68 valence electrons. The lowest BCUT2D eigenvalue weighted by atomic mass is 10.4. The fourth-order valence-corrected chi connectivity index (χ4v) is 0.996. The molecule has 0 saturated heterocycles. The van der Waals surface area contributed by atoms with Gasteiger partial charge in [-0.2, -0.15) is 0 Å². The first-order chi connectivity index (χ1) is 6.25. The molecule has 0 N–H and O–H groups in total. The van der Waals surface area contributed by atoms with E-state index >= 15 is 0 Å². The minimum Gasteiger partial charge on any atom is -0.275 e. The Bertz CT molecular complexity index is 286. The predicted octanol–water partition coefficient (Wildman–Crippen LogP) is 0.612. The topological polar surface area (TPSA) is 86.1 Å². The molecule has 0 saturated carbocycles. The summed E-state index contributed by atoms with van der Waals surface area (Å²) < 4.78 is 0. The van der Waals surface area contributed by atoms with Gasteiger partial charge in [-0.05, 0) is 12.0 Å². The molecule has 0 spiro atoms. The number of carbonyl (C=O) groups is 2. The van der Waals surface area contributed by atoms with Crippen molar-refractivity contribution in [2.75, 3.05) is 13.1 Å². The van der Waals surface area contributed by atoms with Crippen LogP contribution < -0.4 is 0 Å². The first-order valence-corrected chi connectivity index (χ1v) is 3.80. The lowest BCUT2D eigenvalue weighted by Gasteiger charge is -2.11. The third-order valence-corrected chi connectivity index (χ3v) is 1.60. The summed E-state index contributed by atoms with van der Waals surface area (Å²) in [5.41, 5.74) is 7.96. The van der Waals surface area contributed by atoms with E-state index in [0.29, 0.717) is 19.5 Å². The van der Waals surface area contributed by atoms with Gasteiger partial charge in [0, 0.05) is 30.2 Å². The minimum atomic E-state index is -0.300. The molecule has 0 bridgehead atoms. The van der Waals surface area contributed by atoms with Crippen molar-refractivity contribution in [1.29, 1.82) is 0 Å². The van der Waals surface area contributed by atoms with Crippen LogP contribution in [0.15, 0.2) is 17.3 Å². The highest BCUT2D eigenvalue weighted by atomic mass is 16.2. The quantitative estimate of drug-likeness (QED) is 0.208. The van der Waals surface area contributed by atoms with E-state index in [-0.39, 0.29) is 11.8 Å². The maximum atomic E-state index is 11.0. The smallest absolute Gasteiger partial charge is 0.253 e. The molecule has 6 heteroatoms. The van der Waals surface area contributed by atoms with Crippen LogP contribution in [-0.4, -0.2) is 29.8 Å². The first kappa shape index (κ1) is 9.28. The molecule has 0 aromatic carbocycles. The molecule has 0 unspecified atom stereocenters. The van der Waals surface area contributed by atoms with E-state index < -0.39 is 0 Å². The summed E-state index contributed by atoms with van der Waals surface area (Å²) in [5.74, 6) is -0.600. The zero-order chi connectivity index (χ0) is 9.68. The number of hydrogen-bond acceptors (Lipinski definition) is 3. The SMILES string of the molecule is [N-]=[N+]=NCCCN1C(=O)C=CC1=O. The Kier molecular flexibility index (Phi) is 3.05. The number of amides is 2. The molecule has 0 aromatic heterocycles. The molecule has 2 amide bonds. The van der Waals surface area contributed by atoms with Gasteiger partial charge in [-0.15, -0.1) is 0 Å². The molecule has 1 aliphatic heterocycles. The van der Waals surface area contributed by atoms with E-state index in [4.69, 9.17) is 5.53 Å². The van der Waals surface area contributed by atoms with Gasteiger partial charge in [0.25, 0.3) is 11.8 Å². The molecule has 0 fully saturated rings. The van der Waals surface area contributed by atoms with Gasteiger partial charge in [0.05, 0.1) is 0 Å². The average molecular weight is 180 g/mol. The summed E-state index contributed by atoms with van der Waals surface area (Å²) in [6, 6.07) is 0. The van der Waals surface area contributed by atoms with Gasteiger partial charge in [0.1, 0.15) is 0 Å². The summed E-state index contributed by atoms with van der Waals surface area (Å²) in [5, 5.41) is 3.29. The van der Waals surface area contributed by atoms with Crippen molar-refractivity contribution < 1.29 is 9.59 Å². The second kappa shape index (κ2) is 4.27. The van der Waals surface area contributed by atoms with E-state index in [1.807, 2.05) is 0 Å². The Morgan fingerprint density at radius 3 is 2.54 bits per heavy atom. The number of azide groups is 1. The third-order valence-electron chi connectivity index (χ3n) is 1.60. The van der Waals surface area contributed by atoms with E-state index in [1.165, 1.54) is 12.2 Å². The Balaban J connectivity index is 2.33. The third kappa shape index (κ3) is 2.31. The van der Waals surface area contributed by atoms with Gasteiger partial charge in [-0.25, -0.2) is 0 Å². The molecule has 6 nitrogen and oxygen atoms in total. The molecule has 1 heterocycles. The normalized spacial score (nSPS) is 14.9. The monoisotopic (exact) mass is 180 g/mol. The van der Waals surface area contributed by atoms with Crippen LogP contribution in [0.25, 0.3) is 10.4 Å². The molecule has 0 radical (unpaired) electrons. The Morgan fingerprint density at radius 2 is 2.00 bits per heavy atom. The van der Waals surface area contributed by atoms with Crippen LogP contribution in [0.5, 0.6) is 0 Å². The van der Waals surface area contributed by atoms with E-state index in [9.17, 15) is 9.59 Å². The van der Waals surface area contributed by atoms with Crippen molar-refractivity contribution >= 4 is 11.8 Å². The molecular weight excluding hydrogens is 172 g/mol. The maximum Gasteiger partial charge on any atom is 0.253 e. The van der Waals surface area contributed by atoms with Crippen LogP contribution in [0.4, 0.5) is 0 Å². The van der Waals surface area contributed by atoms with Gasteiger partial charge < -0.3 is 0 Å². The lowest BCUT2D eigenvalue weighted by molar-refractivity contribution is -0.136. The second-order valence-corrected chi connectivity index (χ2v) is 2.47. The van der Waals surface area contributed by atoms with Crippen LogP contribution in [0.3, 0.4) is 0 Å². The molecule has 1 rings (SSSR count). The fourth-order valence-electron chi connectivity index (χ4n) is 0.996. The van der Waals surface area contributed by atoms with Crippen molar-refractivity contribution in [3.63, 3.8) is 0 Å².